The number of nitrogens with zero attached hydrogens (tertiary/aromatic N) is 3. The summed E-state index contributed by atoms with van der Waals surface area (Å²) in [5.74, 6) is 0.0298. The van der Waals surface area contributed by atoms with E-state index in [2.05, 4.69) is 70.3 Å². The van der Waals surface area contributed by atoms with Gasteiger partial charge in [0.15, 0.2) is 0 Å². The maximum absolute atomic E-state index is 12.8. The van der Waals surface area contributed by atoms with Crippen LogP contribution in [-0.4, -0.2) is 48.5 Å². The van der Waals surface area contributed by atoms with Crippen molar-refractivity contribution >= 4 is 17.3 Å². The normalized spacial score (nSPS) is 14.4. The van der Waals surface area contributed by atoms with Crippen molar-refractivity contribution in [2.24, 2.45) is 0 Å². The predicted octanol–water partition coefficient (Wildman–Crippen LogP) is 4.24. The van der Waals surface area contributed by atoms with Crippen molar-refractivity contribution in [1.29, 1.82) is 0 Å². The average Bonchev–Trinajstić information content (AvgIpc) is 2.81. The minimum absolute atomic E-state index is 0.0298. The van der Waals surface area contributed by atoms with E-state index in [1.165, 1.54) is 11.1 Å². The Labute approximate surface area is 191 Å². The van der Waals surface area contributed by atoms with Crippen molar-refractivity contribution in [3.8, 4) is 0 Å². The molecule has 1 aliphatic rings. The zero-order chi connectivity index (χ0) is 22.3. The smallest absolute Gasteiger partial charge is 0.228 e. The summed E-state index contributed by atoms with van der Waals surface area (Å²) in [7, 11) is 0. The Balaban J connectivity index is 1.34. The van der Waals surface area contributed by atoms with Crippen LogP contribution in [0.4, 0.5) is 11.4 Å². The van der Waals surface area contributed by atoms with Gasteiger partial charge in [0.25, 0.3) is 0 Å². The second-order valence-electron chi connectivity index (χ2n) is 8.61. The number of amides is 1. The number of hydrogen-bond acceptors (Lipinski definition) is 4. The topological polar surface area (TPSA) is 48.5 Å². The van der Waals surface area contributed by atoms with E-state index < -0.39 is 0 Å². The number of aryl methyl sites for hydroxylation is 2. The lowest BCUT2D eigenvalue weighted by molar-refractivity contribution is -0.115. The molecule has 1 aliphatic heterocycles. The highest BCUT2D eigenvalue weighted by atomic mass is 16.1. The van der Waals surface area contributed by atoms with Crippen LogP contribution < -0.4 is 10.2 Å². The van der Waals surface area contributed by atoms with E-state index in [0.717, 1.165) is 61.6 Å². The molecular formula is C27H32N4O. The number of benzene rings is 2. The molecule has 0 radical (unpaired) electrons. The van der Waals surface area contributed by atoms with Gasteiger partial charge in [0.1, 0.15) is 0 Å². The fraction of sp³-hybridized carbons (Fsp3) is 0.333. The molecule has 1 saturated heterocycles. The molecule has 0 aliphatic carbocycles. The predicted molar refractivity (Wildman–Crippen MR) is 131 cm³/mol. The molecule has 166 valence electrons. The molecule has 32 heavy (non-hydrogen) atoms. The standard InChI is InChI=1S/C27H32N4O/c1-21-7-8-22(2)24(19-21)20-27(32)29-25-5-3-4-6-26(25)31-17-15-30(16-18-31)14-11-23-9-12-28-13-10-23/h3-10,12-13,19H,11,14-18,20H2,1-2H3,(H,29,32). The first kappa shape index (κ1) is 22.0. The van der Waals surface area contributed by atoms with Crippen LogP contribution in [0.3, 0.4) is 0 Å². The van der Waals surface area contributed by atoms with Crippen LogP contribution in [0.2, 0.25) is 0 Å². The highest BCUT2D eigenvalue weighted by Crippen LogP contribution is 2.27. The molecule has 1 amide bonds. The maximum atomic E-state index is 12.8. The highest BCUT2D eigenvalue weighted by Gasteiger charge is 2.20. The van der Waals surface area contributed by atoms with Gasteiger partial charge in [-0.3, -0.25) is 14.7 Å². The summed E-state index contributed by atoms with van der Waals surface area (Å²) in [6.07, 6.45) is 5.16. The van der Waals surface area contributed by atoms with Crippen LogP contribution in [0, 0.1) is 13.8 Å². The number of carbonyl (C=O) groups is 1. The van der Waals surface area contributed by atoms with E-state index in [1.807, 2.05) is 30.6 Å². The summed E-state index contributed by atoms with van der Waals surface area (Å²) >= 11 is 0. The highest BCUT2D eigenvalue weighted by molar-refractivity contribution is 5.95. The molecule has 1 N–H and O–H groups in total. The second kappa shape index (κ2) is 10.4. The maximum Gasteiger partial charge on any atom is 0.228 e. The molecule has 5 nitrogen and oxygen atoms in total. The first-order valence-electron chi connectivity index (χ1n) is 11.4. The molecule has 1 aromatic heterocycles. The van der Waals surface area contributed by atoms with E-state index in [4.69, 9.17) is 0 Å². The molecule has 0 saturated carbocycles. The Morgan fingerprint density at radius 2 is 1.72 bits per heavy atom. The van der Waals surface area contributed by atoms with Gasteiger partial charge in [0.2, 0.25) is 5.91 Å². The number of piperazine rings is 1. The van der Waals surface area contributed by atoms with Gasteiger partial charge < -0.3 is 10.2 Å². The molecule has 0 spiro atoms. The number of rotatable bonds is 7. The molecule has 4 rings (SSSR count). The van der Waals surface area contributed by atoms with Gasteiger partial charge in [-0.1, -0.05) is 35.9 Å². The first-order chi connectivity index (χ1) is 15.6. The van der Waals surface area contributed by atoms with Crippen molar-refractivity contribution in [3.05, 3.63) is 89.2 Å². The van der Waals surface area contributed by atoms with Crippen LogP contribution in [0.5, 0.6) is 0 Å². The van der Waals surface area contributed by atoms with Gasteiger partial charge >= 0.3 is 0 Å². The summed E-state index contributed by atoms with van der Waals surface area (Å²) in [5, 5.41) is 3.16. The molecule has 3 aromatic rings. The molecule has 0 bridgehead atoms. The molecule has 2 heterocycles. The Morgan fingerprint density at radius 3 is 2.50 bits per heavy atom. The van der Waals surface area contributed by atoms with Crippen LogP contribution >= 0.6 is 0 Å². The van der Waals surface area contributed by atoms with Crippen molar-refractivity contribution < 1.29 is 4.79 Å². The lowest BCUT2D eigenvalue weighted by atomic mass is 10.0. The van der Waals surface area contributed by atoms with Gasteiger partial charge in [-0.2, -0.15) is 0 Å². The lowest BCUT2D eigenvalue weighted by Gasteiger charge is -2.37. The fourth-order valence-corrected chi connectivity index (χ4v) is 4.26. The lowest BCUT2D eigenvalue weighted by Crippen LogP contribution is -2.47. The van der Waals surface area contributed by atoms with Crippen LogP contribution in [0.1, 0.15) is 22.3 Å². The third-order valence-electron chi connectivity index (χ3n) is 6.21. The van der Waals surface area contributed by atoms with Crippen molar-refractivity contribution in [2.45, 2.75) is 26.7 Å². The summed E-state index contributed by atoms with van der Waals surface area (Å²) < 4.78 is 0. The van der Waals surface area contributed by atoms with Gasteiger partial charge in [-0.05, 0) is 61.2 Å². The summed E-state index contributed by atoms with van der Waals surface area (Å²) in [5.41, 5.74) is 6.76. The molecular weight excluding hydrogens is 396 g/mol. The molecule has 1 fully saturated rings. The molecule has 5 heteroatoms. The van der Waals surface area contributed by atoms with Crippen molar-refractivity contribution in [2.75, 3.05) is 42.9 Å². The van der Waals surface area contributed by atoms with Gasteiger partial charge in [0.05, 0.1) is 17.8 Å². The number of anilines is 2. The summed E-state index contributed by atoms with van der Waals surface area (Å²) in [6, 6.07) is 18.6. The van der Waals surface area contributed by atoms with Gasteiger partial charge in [-0.15, -0.1) is 0 Å². The van der Waals surface area contributed by atoms with E-state index in [9.17, 15) is 4.79 Å². The third-order valence-corrected chi connectivity index (χ3v) is 6.21. The number of aromatic nitrogens is 1. The minimum atomic E-state index is 0.0298. The van der Waals surface area contributed by atoms with E-state index in [-0.39, 0.29) is 5.91 Å². The minimum Gasteiger partial charge on any atom is -0.367 e. The number of carbonyl (C=O) groups excluding carboxylic acids is 1. The number of nitrogens with one attached hydrogen (secondary N) is 1. The average molecular weight is 429 g/mol. The first-order valence-corrected chi connectivity index (χ1v) is 11.4. The Bertz CT molecular complexity index is 1040. The molecule has 0 unspecified atom stereocenters. The zero-order valence-electron chi connectivity index (χ0n) is 19.1. The van der Waals surface area contributed by atoms with Gasteiger partial charge in [0, 0.05) is 45.1 Å². The second-order valence-corrected chi connectivity index (χ2v) is 8.61. The fourth-order valence-electron chi connectivity index (χ4n) is 4.26. The third kappa shape index (κ3) is 5.74. The quantitative estimate of drug-likeness (QED) is 0.611. The zero-order valence-corrected chi connectivity index (χ0v) is 19.1. The van der Waals surface area contributed by atoms with Crippen LogP contribution in [-0.2, 0) is 17.6 Å². The van der Waals surface area contributed by atoms with Crippen LogP contribution in [0.25, 0.3) is 0 Å². The Kier molecular flexibility index (Phi) is 7.17. The number of pyridine rings is 1. The Hall–Kier alpha value is -3.18. The monoisotopic (exact) mass is 428 g/mol. The summed E-state index contributed by atoms with van der Waals surface area (Å²) in [6.45, 7) is 9.15. The van der Waals surface area contributed by atoms with E-state index >= 15 is 0 Å². The van der Waals surface area contributed by atoms with Crippen molar-refractivity contribution in [1.82, 2.24) is 9.88 Å². The number of para-hydroxylation sites is 2. The van der Waals surface area contributed by atoms with E-state index in [1.54, 1.807) is 0 Å². The largest absolute Gasteiger partial charge is 0.367 e. The SMILES string of the molecule is Cc1ccc(C)c(CC(=O)Nc2ccccc2N2CCN(CCc3ccncc3)CC2)c1. The summed E-state index contributed by atoms with van der Waals surface area (Å²) in [4.78, 5) is 21.8. The van der Waals surface area contributed by atoms with E-state index in [0.29, 0.717) is 6.42 Å². The molecule has 0 atom stereocenters. The Morgan fingerprint density at radius 1 is 0.969 bits per heavy atom. The van der Waals surface area contributed by atoms with Gasteiger partial charge in [-0.25, -0.2) is 0 Å². The van der Waals surface area contributed by atoms with Crippen LogP contribution in [0.15, 0.2) is 67.0 Å². The molecule has 2 aromatic carbocycles. The number of hydrogen-bond donors (Lipinski definition) is 1. The van der Waals surface area contributed by atoms with Crippen molar-refractivity contribution in [3.63, 3.8) is 0 Å².